The Kier molecular flexibility index (Phi) is 4.93. The molecule has 0 fully saturated rings. The summed E-state index contributed by atoms with van der Waals surface area (Å²) < 4.78 is 0. The molecule has 0 spiro atoms. The van der Waals surface area contributed by atoms with Crippen LogP contribution in [-0.2, 0) is 6.42 Å². The molecule has 114 valence electrons. The van der Waals surface area contributed by atoms with Gasteiger partial charge in [-0.05, 0) is 29.7 Å². The first-order valence-corrected chi connectivity index (χ1v) is 6.43. The van der Waals surface area contributed by atoms with Crippen molar-refractivity contribution in [1.29, 1.82) is 5.26 Å². The second-order valence-corrected chi connectivity index (χ2v) is 4.62. The molecular weight excluding hydrogens is 286 g/mol. The van der Waals surface area contributed by atoms with E-state index in [1.165, 1.54) is 12.1 Å². The summed E-state index contributed by atoms with van der Waals surface area (Å²) >= 11 is 0. The molecule has 0 aliphatic carbocycles. The lowest BCUT2D eigenvalue weighted by atomic mass is 9.91. The molecule has 0 bridgehead atoms. The van der Waals surface area contributed by atoms with Gasteiger partial charge < -0.3 is 20.9 Å². The van der Waals surface area contributed by atoms with E-state index in [2.05, 4.69) is 0 Å². The van der Waals surface area contributed by atoms with E-state index in [1.807, 2.05) is 6.07 Å². The molecule has 2 aromatic carbocycles. The fourth-order valence-electron chi connectivity index (χ4n) is 2.27. The van der Waals surface area contributed by atoms with Crippen molar-refractivity contribution in [2.75, 3.05) is 10.5 Å². The third kappa shape index (κ3) is 3.33. The van der Waals surface area contributed by atoms with Crippen LogP contribution in [0.1, 0.15) is 17.0 Å². The van der Waals surface area contributed by atoms with E-state index < -0.39 is 5.92 Å². The molecule has 2 N–H and O–H groups in total. The van der Waals surface area contributed by atoms with Gasteiger partial charge in [-0.25, -0.2) is 0 Å². The molecule has 0 aliphatic heterocycles. The second-order valence-electron chi connectivity index (χ2n) is 4.62. The highest BCUT2D eigenvalue weighted by atomic mass is 16.8. The Morgan fingerprint density at radius 1 is 0.955 bits per heavy atom. The van der Waals surface area contributed by atoms with Crippen molar-refractivity contribution in [3.63, 3.8) is 0 Å². The van der Waals surface area contributed by atoms with E-state index in [0.717, 1.165) is 0 Å². The Hall–Kier alpha value is -2.63. The maximum Gasteiger partial charge on any atom is 0.0774 e. The highest BCUT2D eigenvalue weighted by Crippen LogP contribution is 2.31. The number of hydrogen-bond donors (Lipinski definition) is 2. The van der Waals surface area contributed by atoms with Gasteiger partial charge in [-0.3, -0.25) is 10.4 Å². The number of nitrogens with zero attached hydrogens (tertiary/aromatic N) is 3. The minimum Gasteiger partial charge on any atom is -0.733 e. The quantitative estimate of drug-likeness (QED) is 0.815. The van der Waals surface area contributed by atoms with Crippen molar-refractivity contribution in [3.05, 3.63) is 70.1 Å². The summed E-state index contributed by atoms with van der Waals surface area (Å²) in [4.78, 5) is 0. The topological polar surface area (TPSA) is 117 Å². The Morgan fingerprint density at radius 3 is 2.09 bits per heavy atom. The van der Waals surface area contributed by atoms with E-state index >= 15 is 0 Å². The van der Waals surface area contributed by atoms with Crippen molar-refractivity contribution in [2.24, 2.45) is 0 Å². The van der Waals surface area contributed by atoms with Crippen molar-refractivity contribution in [3.8, 4) is 6.07 Å². The van der Waals surface area contributed by atoms with Crippen molar-refractivity contribution in [2.45, 2.75) is 12.3 Å². The number of rotatable bonds is 5. The molecule has 0 aromatic heterocycles. The van der Waals surface area contributed by atoms with Gasteiger partial charge in [0, 0.05) is 0 Å². The van der Waals surface area contributed by atoms with Crippen LogP contribution in [0.4, 0.5) is 11.4 Å². The van der Waals surface area contributed by atoms with Gasteiger partial charge in [0.25, 0.3) is 0 Å². The summed E-state index contributed by atoms with van der Waals surface area (Å²) in [5.74, 6) is -0.763. The van der Waals surface area contributed by atoms with E-state index in [9.17, 15) is 15.7 Å². The average Bonchev–Trinajstić information content (AvgIpc) is 2.52. The van der Waals surface area contributed by atoms with Gasteiger partial charge >= 0.3 is 0 Å². The van der Waals surface area contributed by atoms with Crippen LogP contribution >= 0.6 is 0 Å². The normalized spacial score (nSPS) is 11.6. The van der Waals surface area contributed by atoms with Gasteiger partial charge in [0.15, 0.2) is 0 Å². The highest BCUT2D eigenvalue weighted by molar-refractivity contribution is 5.57. The highest BCUT2D eigenvalue weighted by Gasteiger charge is 2.17. The summed E-state index contributed by atoms with van der Waals surface area (Å²) in [6.45, 7) is 0. The zero-order chi connectivity index (χ0) is 16.1. The molecule has 7 nitrogen and oxygen atoms in total. The molecule has 22 heavy (non-hydrogen) atoms. The SMILES string of the molecule is N#C[C@H](Cc1ccccc1N([O-])O)c1ccccc1N([O-])O. The predicted octanol–water partition coefficient (Wildman–Crippen LogP) is 2.92. The van der Waals surface area contributed by atoms with E-state index in [-0.39, 0.29) is 28.2 Å². The lowest BCUT2D eigenvalue weighted by molar-refractivity contribution is 0.294. The number of para-hydroxylation sites is 2. The Labute approximate surface area is 126 Å². The van der Waals surface area contributed by atoms with Crippen LogP contribution in [0.5, 0.6) is 0 Å². The first-order chi connectivity index (χ1) is 10.5. The van der Waals surface area contributed by atoms with Gasteiger partial charge in [-0.15, -0.1) is 0 Å². The maximum atomic E-state index is 11.2. The molecule has 0 saturated heterocycles. The summed E-state index contributed by atoms with van der Waals surface area (Å²) in [5.41, 5.74) is 0.794. The van der Waals surface area contributed by atoms with Crippen LogP contribution < -0.4 is 10.5 Å². The van der Waals surface area contributed by atoms with Crippen molar-refractivity contribution >= 4 is 11.4 Å². The predicted molar refractivity (Wildman–Crippen MR) is 80.2 cm³/mol. The number of benzene rings is 2. The monoisotopic (exact) mass is 299 g/mol. The minimum atomic E-state index is -0.763. The van der Waals surface area contributed by atoms with Crippen LogP contribution in [0.15, 0.2) is 48.5 Å². The molecule has 0 unspecified atom stereocenters. The molecule has 0 aliphatic rings. The lowest BCUT2D eigenvalue weighted by Gasteiger charge is -2.28. The first-order valence-electron chi connectivity index (χ1n) is 6.43. The van der Waals surface area contributed by atoms with Crippen molar-refractivity contribution in [1.82, 2.24) is 0 Å². The van der Waals surface area contributed by atoms with Crippen LogP contribution in [0, 0.1) is 21.7 Å². The Bertz CT molecular complexity index is 682. The second kappa shape index (κ2) is 6.89. The Balaban J connectivity index is 2.38. The minimum absolute atomic E-state index is 0.0307. The van der Waals surface area contributed by atoms with Crippen LogP contribution in [0.2, 0.25) is 0 Å². The van der Waals surface area contributed by atoms with Crippen LogP contribution in [0.3, 0.4) is 0 Å². The summed E-state index contributed by atoms with van der Waals surface area (Å²) in [7, 11) is 0. The third-order valence-corrected chi connectivity index (χ3v) is 3.30. The fraction of sp³-hybridized carbons (Fsp3) is 0.133. The molecule has 0 saturated carbocycles. The van der Waals surface area contributed by atoms with Gasteiger partial charge in [-0.1, -0.05) is 36.4 Å². The molecule has 1 atom stereocenters. The van der Waals surface area contributed by atoms with Crippen LogP contribution in [-0.4, -0.2) is 10.4 Å². The molecule has 2 aromatic rings. The van der Waals surface area contributed by atoms with Gasteiger partial charge in [0.2, 0.25) is 0 Å². The van der Waals surface area contributed by atoms with Gasteiger partial charge in [-0.2, -0.15) is 5.26 Å². The zero-order valence-electron chi connectivity index (χ0n) is 11.5. The fourth-order valence-corrected chi connectivity index (χ4v) is 2.27. The zero-order valence-corrected chi connectivity index (χ0v) is 11.5. The first kappa shape index (κ1) is 15.8. The van der Waals surface area contributed by atoms with Gasteiger partial charge in [0.05, 0.1) is 23.4 Å². The Morgan fingerprint density at radius 2 is 1.50 bits per heavy atom. The third-order valence-electron chi connectivity index (χ3n) is 3.30. The molecule has 0 heterocycles. The molecule has 7 heteroatoms. The standard InChI is InChI=1S/C15H13N3O4/c16-10-12(13-6-2-4-8-15(13)18(21)22)9-11-5-1-3-7-14(11)17(19)20/h1-8,12,19,21H,9H2/q-2/t12-/m0/s1. The molecule has 0 amide bonds. The number of hydrogen-bond acceptors (Lipinski definition) is 7. The largest absolute Gasteiger partial charge is 0.733 e. The molecule has 2 rings (SSSR count). The van der Waals surface area contributed by atoms with Crippen molar-refractivity contribution < 1.29 is 10.4 Å². The molecular formula is C15H13N3O4-2. The number of nitriles is 1. The van der Waals surface area contributed by atoms with E-state index in [4.69, 9.17) is 10.4 Å². The van der Waals surface area contributed by atoms with Crippen LogP contribution in [0.25, 0.3) is 0 Å². The lowest BCUT2D eigenvalue weighted by Crippen LogP contribution is -2.14. The summed E-state index contributed by atoms with van der Waals surface area (Å²) in [6, 6.07) is 14.5. The van der Waals surface area contributed by atoms with E-state index in [0.29, 0.717) is 11.1 Å². The average molecular weight is 299 g/mol. The smallest absolute Gasteiger partial charge is 0.0774 e. The van der Waals surface area contributed by atoms with E-state index in [1.54, 1.807) is 36.4 Å². The van der Waals surface area contributed by atoms with Gasteiger partial charge in [0.1, 0.15) is 0 Å². The summed E-state index contributed by atoms with van der Waals surface area (Å²) in [5, 5.41) is 49.4. The molecule has 0 radical (unpaired) electrons. The number of anilines is 2. The maximum absolute atomic E-state index is 11.2. The summed E-state index contributed by atoms with van der Waals surface area (Å²) in [6.07, 6.45) is 0.108.